The van der Waals surface area contributed by atoms with E-state index in [9.17, 15) is 9.59 Å². The van der Waals surface area contributed by atoms with Crippen molar-refractivity contribution in [3.8, 4) is 0 Å². The maximum absolute atomic E-state index is 12.4. The summed E-state index contributed by atoms with van der Waals surface area (Å²) in [5.41, 5.74) is 1.55. The van der Waals surface area contributed by atoms with Gasteiger partial charge in [0.25, 0.3) is 0 Å². The summed E-state index contributed by atoms with van der Waals surface area (Å²) in [4.78, 5) is 25.8. The van der Waals surface area contributed by atoms with Gasteiger partial charge in [0.05, 0.1) is 31.5 Å². The fourth-order valence-corrected chi connectivity index (χ4v) is 4.63. The number of fused-ring (bicyclic) bond motifs is 1. The summed E-state index contributed by atoms with van der Waals surface area (Å²) in [5, 5.41) is 6.59. The van der Waals surface area contributed by atoms with Crippen LogP contribution in [0.2, 0.25) is 0 Å². The summed E-state index contributed by atoms with van der Waals surface area (Å²) in [6, 6.07) is 3.60. The molecule has 0 aliphatic heterocycles. The van der Waals surface area contributed by atoms with Gasteiger partial charge in [-0.25, -0.2) is 4.79 Å². The van der Waals surface area contributed by atoms with Gasteiger partial charge >= 0.3 is 5.97 Å². The van der Waals surface area contributed by atoms with Crippen LogP contribution < -0.4 is 10.6 Å². The third-order valence-corrected chi connectivity index (χ3v) is 5.86. The third kappa shape index (κ3) is 3.99. The van der Waals surface area contributed by atoms with Crippen LogP contribution in [-0.4, -0.2) is 25.5 Å². The Hall–Kier alpha value is -2.12. The summed E-state index contributed by atoms with van der Waals surface area (Å²) >= 11 is 1.49. The molecule has 0 spiro atoms. The highest BCUT2D eigenvalue weighted by molar-refractivity contribution is 7.17. The minimum Gasteiger partial charge on any atom is -0.468 e. The van der Waals surface area contributed by atoms with Gasteiger partial charge in [-0.05, 0) is 49.8 Å². The van der Waals surface area contributed by atoms with Crippen LogP contribution in [0.5, 0.6) is 0 Å². The fraction of sp³-hybridized carbons (Fsp3) is 0.474. The normalized spacial score (nSPS) is 17.4. The molecule has 2 N–H and O–H groups in total. The van der Waals surface area contributed by atoms with Gasteiger partial charge in [-0.2, -0.15) is 0 Å². The van der Waals surface area contributed by atoms with E-state index in [4.69, 9.17) is 9.15 Å². The molecule has 0 aromatic carbocycles. The number of carbonyl (C=O) groups is 2. The van der Waals surface area contributed by atoms with Gasteiger partial charge in [-0.3, -0.25) is 10.1 Å². The second kappa shape index (κ2) is 8.05. The lowest BCUT2D eigenvalue weighted by Gasteiger charge is -2.18. The smallest absolute Gasteiger partial charge is 0.341 e. The van der Waals surface area contributed by atoms with Crippen LogP contribution in [0, 0.1) is 5.92 Å². The number of hydrogen-bond donors (Lipinski definition) is 2. The minimum absolute atomic E-state index is 0.0757. The van der Waals surface area contributed by atoms with Crippen LogP contribution in [-0.2, 0) is 22.4 Å². The summed E-state index contributed by atoms with van der Waals surface area (Å²) in [6.45, 7) is 4.26. The largest absolute Gasteiger partial charge is 0.468 e. The molecule has 1 aliphatic carbocycles. The van der Waals surface area contributed by atoms with Crippen molar-refractivity contribution in [1.29, 1.82) is 0 Å². The number of carbonyl (C=O) groups excluding carboxylic acids is 2. The summed E-state index contributed by atoms with van der Waals surface area (Å²) < 4.78 is 10.3. The van der Waals surface area contributed by atoms with Gasteiger partial charge in [0.1, 0.15) is 10.8 Å². The van der Waals surface area contributed by atoms with Crippen LogP contribution in [0.25, 0.3) is 0 Å². The van der Waals surface area contributed by atoms with Crippen molar-refractivity contribution >= 4 is 28.2 Å². The quantitative estimate of drug-likeness (QED) is 0.754. The predicted molar refractivity (Wildman–Crippen MR) is 101 cm³/mol. The van der Waals surface area contributed by atoms with Crippen molar-refractivity contribution in [1.82, 2.24) is 5.32 Å². The molecule has 0 saturated carbocycles. The number of ether oxygens (including phenoxy) is 1. The highest BCUT2D eigenvalue weighted by Gasteiger charge is 2.28. The molecule has 26 heavy (non-hydrogen) atoms. The van der Waals surface area contributed by atoms with Crippen LogP contribution in [0.1, 0.15) is 52.9 Å². The van der Waals surface area contributed by atoms with Gasteiger partial charge in [0.15, 0.2) is 0 Å². The zero-order valence-electron chi connectivity index (χ0n) is 15.3. The van der Waals surface area contributed by atoms with Crippen molar-refractivity contribution in [3.05, 3.63) is 40.2 Å². The van der Waals surface area contributed by atoms with Crippen LogP contribution in [0.15, 0.2) is 22.8 Å². The Morgan fingerprint density at radius 3 is 2.96 bits per heavy atom. The maximum Gasteiger partial charge on any atom is 0.341 e. The molecule has 3 rings (SSSR count). The van der Waals surface area contributed by atoms with E-state index < -0.39 is 0 Å². The molecular weight excluding hydrogens is 352 g/mol. The first-order valence-electron chi connectivity index (χ1n) is 8.79. The Morgan fingerprint density at radius 2 is 2.27 bits per heavy atom. The van der Waals surface area contributed by atoms with E-state index in [2.05, 4.69) is 17.6 Å². The number of rotatable bonds is 6. The van der Waals surface area contributed by atoms with Crippen molar-refractivity contribution < 1.29 is 18.7 Å². The highest BCUT2D eigenvalue weighted by Crippen LogP contribution is 2.39. The van der Waals surface area contributed by atoms with E-state index in [1.165, 1.54) is 23.3 Å². The van der Waals surface area contributed by atoms with Gasteiger partial charge in [-0.1, -0.05) is 6.92 Å². The molecule has 0 unspecified atom stereocenters. The molecule has 2 heterocycles. The number of thiophene rings is 1. The zero-order chi connectivity index (χ0) is 18.7. The average Bonchev–Trinajstić information content (AvgIpc) is 3.26. The molecule has 140 valence electrons. The molecular formula is C19H24N2O4S. The Kier molecular flexibility index (Phi) is 5.78. The molecule has 2 atom stereocenters. The lowest BCUT2D eigenvalue weighted by atomic mass is 9.88. The molecule has 0 radical (unpaired) electrons. The number of esters is 1. The fourth-order valence-electron chi connectivity index (χ4n) is 3.21. The highest BCUT2D eigenvalue weighted by atomic mass is 32.1. The first-order chi connectivity index (χ1) is 12.5. The summed E-state index contributed by atoms with van der Waals surface area (Å²) in [7, 11) is 1.37. The Labute approximate surface area is 156 Å². The molecule has 1 aliphatic rings. The maximum atomic E-state index is 12.4. The first kappa shape index (κ1) is 18.7. The topological polar surface area (TPSA) is 80.6 Å². The van der Waals surface area contributed by atoms with E-state index in [0.29, 0.717) is 16.5 Å². The minimum atomic E-state index is -0.385. The standard InChI is InChI=1S/C19H24N2O4S/c1-11-6-7-13-15(9-11)26-18(17(13)19(23)24-3)21-16(22)10-20-12(2)14-5-4-8-25-14/h4-5,8,11-12,20H,6-7,9-10H2,1-3H3,(H,21,22)/t11-,12-/m1/s1. The van der Waals surface area contributed by atoms with Crippen LogP contribution in [0.3, 0.4) is 0 Å². The van der Waals surface area contributed by atoms with Gasteiger partial charge in [0.2, 0.25) is 5.91 Å². The average molecular weight is 376 g/mol. The first-order valence-corrected chi connectivity index (χ1v) is 9.60. The molecule has 0 saturated heterocycles. The summed E-state index contributed by atoms with van der Waals surface area (Å²) in [5.74, 6) is 0.782. The zero-order valence-corrected chi connectivity index (χ0v) is 16.1. The molecule has 6 nitrogen and oxygen atoms in total. The lowest BCUT2D eigenvalue weighted by molar-refractivity contribution is -0.115. The molecule has 1 amide bonds. The molecule has 0 bridgehead atoms. The van der Waals surface area contributed by atoms with Gasteiger partial charge in [0, 0.05) is 4.88 Å². The van der Waals surface area contributed by atoms with Crippen LogP contribution >= 0.6 is 11.3 Å². The van der Waals surface area contributed by atoms with E-state index in [1.54, 1.807) is 6.26 Å². The molecule has 2 aromatic rings. The van der Waals surface area contributed by atoms with Crippen molar-refractivity contribution in [2.75, 3.05) is 19.0 Å². The summed E-state index contributed by atoms with van der Waals surface area (Å²) in [6.07, 6.45) is 4.44. The number of hydrogen-bond acceptors (Lipinski definition) is 6. The number of amides is 1. The Balaban J connectivity index is 1.70. The molecule has 7 heteroatoms. The van der Waals surface area contributed by atoms with E-state index in [-0.39, 0.29) is 24.5 Å². The third-order valence-electron chi connectivity index (χ3n) is 4.69. The van der Waals surface area contributed by atoms with E-state index in [0.717, 1.165) is 30.6 Å². The van der Waals surface area contributed by atoms with Gasteiger partial charge in [-0.15, -0.1) is 11.3 Å². The van der Waals surface area contributed by atoms with Crippen molar-refractivity contribution in [3.63, 3.8) is 0 Å². The number of nitrogens with one attached hydrogen (secondary N) is 2. The lowest BCUT2D eigenvalue weighted by Crippen LogP contribution is -2.30. The SMILES string of the molecule is COC(=O)c1c(NC(=O)CN[C@H](C)c2ccco2)sc2c1CC[C@@H](C)C2. The number of anilines is 1. The number of methoxy groups -OCH3 is 1. The molecule has 0 fully saturated rings. The molecule has 2 aromatic heterocycles. The van der Waals surface area contributed by atoms with Crippen molar-refractivity contribution in [2.24, 2.45) is 5.92 Å². The van der Waals surface area contributed by atoms with Crippen LogP contribution in [0.4, 0.5) is 5.00 Å². The van der Waals surface area contributed by atoms with Crippen molar-refractivity contribution in [2.45, 2.75) is 39.2 Å². The van der Waals surface area contributed by atoms with E-state index >= 15 is 0 Å². The van der Waals surface area contributed by atoms with E-state index in [1.807, 2.05) is 19.1 Å². The second-order valence-corrected chi connectivity index (χ2v) is 7.82. The number of furan rings is 1. The predicted octanol–water partition coefficient (Wildman–Crippen LogP) is 3.54. The van der Waals surface area contributed by atoms with Gasteiger partial charge < -0.3 is 14.5 Å². The second-order valence-electron chi connectivity index (χ2n) is 6.71. The monoisotopic (exact) mass is 376 g/mol. The Bertz CT molecular complexity index is 782. The Morgan fingerprint density at radius 1 is 1.46 bits per heavy atom.